The third-order valence-corrected chi connectivity index (χ3v) is 2.82. The van der Waals surface area contributed by atoms with Crippen molar-refractivity contribution >= 4 is 12.6 Å². The first-order valence-electron chi connectivity index (χ1n) is 5.25. The van der Waals surface area contributed by atoms with E-state index < -0.39 is 0 Å². The van der Waals surface area contributed by atoms with E-state index in [1.807, 2.05) is 6.92 Å². The van der Waals surface area contributed by atoms with E-state index in [-0.39, 0.29) is 0 Å². The summed E-state index contributed by atoms with van der Waals surface area (Å²) in [6.07, 6.45) is 2.39. The molecule has 0 N–H and O–H groups in total. The maximum atomic E-state index is 4.44. The SMILES string of the molecule is Cc1cc(C)n(CCC(C)CCS)n1. The molecular weight excluding hydrogens is 192 g/mol. The van der Waals surface area contributed by atoms with Gasteiger partial charge in [0, 0.05) is 12.2 Å². The Morgan fingerprint density at radius 1 is 1.43 bits per heavy atom. The van der Waals surface area contributed by atoms with E-state index in [1.165, 1.54) is 18.5 Å². The van der Waals surface area contributed by atoms with Crippen LogP contribution in [0, 0.1) is 19.8 Å². The molecule has 1 aromatic rings. The van der Waals surface area contributed by atoms with Crippen LogP contribution in [-0.4, -0.2) is 15.5 Å². The van der Waals surface area contributed by atoms with Crippen molar-refractivity contribution in [3.63, 3.8) is 0 Å². The molecule has 80 valence electrons. The van der Waals surface area contributed by atoms with Crippen molar-refractivity contribution in [2.45, 2.75) is 40.2 Å². The van der Waals surface area contributed by atoms with Crippen LogP contribution in [0.4, 0.5) is 0 Å². The van der Waals surface area contributed by atoms with Crippen molar-refractivity contribution in [1.82, 2.24) is 9.78 Å². The average Bonchev–Trinajstić information content (AvgIpc) is 2.42. The highest BCUT2D eigenvalue weighted by Gasteiger charge is 2.04. The minimum Gasteiger partial charge on any atom is -0.270 e. The van der Waals surface area contributed by atoms with Gasteiger partial charge in [-0.15, -0.1) is 0 Å². The molecule has 0 fully saturated rings. The Kier molecular flexibility index (Phi) is 4.52. The molecule has 1 atom stereocenters. The van der Waals surface area contributed by atoms with Crippen LogP contribution in [0.25, 0.3) is 0 Å². The average molecular weight is 212 g/mol. The maximum Gasteiger partial charge on any atom is 0.0596 e. The van der Waals surface area contributed by atoms with Gasteiger partial charge in [-0.3, -0.25) is 4.68 Å². The highest BCUT2D eigenvalue weighted by Crippen LogP contribution is 2.11. The fraction of sp³-hybridized carbons (Fsp3) is 0.727. The lowest BCUT2D eigenvalue weighted by Gasteiger charge is -2.10. The standard InChI is InChI=1S/C11H20N2S/c1-9(5-7-14)4-6-13-11(3)8-10(2)12-13/h8-9,14H,4-7H2,1-3H3. The molecule has 0 bridgehead atoms. The molecule has 1 rings (SSSR count). The van der Waals surface area contributed by atoms with Gasteiger partial charge in [0.05, 0.1) is 5.69 Å². The van der Waals surface area contributed by atoms with Crippen LogP contribution in [0.3, 0.4) is 0 Å². The van der Waals surface area contributed by atoms with Gasteiger partial charge in [-0.05, 0) is 44.4 Å². The van der Waals surface area contributed by atoms with Crippen molar-refractivity contribution in [2.24, 2.45) is 5.92 Å². The molecule has 14 heavy (non-hydrogen) atoms. The molecule has 0 aromatic carbocycles. The molecule has 0 saturated carbocycles. The second kappa shape index (κ2) is 5.44. The van der Waals surface area contributed by atoms with Gasteiger partial charge in [-0.1, -0.05) is 6.92 Å². The molecule has 0 amide bonds. The molecule has 2 nitrogen and oxygen atoms in total. The predicted octanol–water partition coefficient (Wildman–Crippen LogP) is 2.85. The number of aryl methyl sites for hydroxylation is 3. The molecule has 0 aliphatic heterocycles. The molecule has 1 aromatic heterocycles. The van der Waals surface area contributed by atoms with Gasteiger partial charge in [-0.25, -0.2) is 0 Å². The van der Waals surface area contributed by atoms with E-state index in [0.29, 0.717) is 0 Å². The summed E-state index contributed by atoms with van der Waals surface area (Å²) < 4.78 is 2.10. The second-order valence-electron chi connectivity index (χ2n) is 4.06. The molecule has 0 saturated heterocycles. The number of hydrogen-bond acceptors (Lipinski definition) is 2. The number of nitrogens with zero attached hydrogens (tertiary/aromatic N) is 2. The van der Waals surface area contributed by atoms with Gasteiger partial charge in [0.25, 0.3) is 0 Å². The summed E-state index contributed by atoms with van der Waals surface area (Å²) in [5.74, 6) is 1.73. The van der Waals surface area contributed by atoms with E-state index >= 15 is 0 Å². The Bertz CT molecular complexity index is 281. The van der Waals surface area contributed by atoms with Crippen molar-refractivity contribution in [3.05, 3.63) is 17.5 Å². The Labute approximate surface area is 92.1 Å². The number of thiol groups is 1. The maximum absolute atomic E-state index is 4.44. The quantitative estimate of drug-likeness (QED) is 0.743. The highest BCUT2D eigenvalue weighted by atomic mass is 32.1. The second-order valence-corrected chi connectivity index (χ2v) is 4.50. The summed E-state index contributed by atoms with van der Waals surface area (Å²) in [5.41, 5.74) is 2.38. The highest BCUT2D eigenvalue weighted by molar-refractivity contribution is 7.80. The van der Waals surface area contributed by atoms with Crippen LogP contribution in [0.2, 0.25) is 0 Å². The molecular formula is C11H20N2S. The molecule has 0 spiro atoms. The van der Waals surface area contributed by atoms with E-state index in [4.69, 9.17) is 0 Å². The largest absolute Gasteiger partial charge is 0.270 e. The van der Waals surface area contributed by atoms with Crippen LogP contribution in [0.15, 0.2) is 6.07 Å². The minimum atomic E-state index is 0.747. The Morgan fingerprint density at radius 2 is 2.14 bits per heavy atom. The fourth-order valence-electron chi connectivity index (χ4n) is 1.61. The molecule has 1 heterocycles. The summed E-state index contributed by atoms with van der Waals surface area (Å²) >= 11 is 4.24. The first-order chi connectivity index (χ1) is 6.63. The van der Waals surface area contributed by atoms with E-state index in [2.05, 4.69) is 42.3 Å². The molecule has 3 heteroatoms. The Morgan fingerprint density at radius 3 is 2.64 bits per heavy atom. The molecule has 1 unspecified atom stereocenters. The summed E-state index contributed by atoms with van der Waals surface area (Å²) in [6, 6.07) is 2.13. The van der Waals surface area contributed by atoms with Gasteiger partial charge in [0.15, 0.2) is 0 Å². The van der Waals surface area contributed by atoms with Crippen molar-refractivity contribution in [3.8, 4) is 0 Å². The monoisotopic (exact) mass is 212 g/mol. The summed E-state index contributed by atoms with van der Waals surface area (Å²) in [6.45, 7) is 7.47. The summed E-state index contributed by atoms with van der Waals surface area (Å²) in [4.78, 5) is 0. The lowest BCUT2D eigenvalue weighted by atomic mass is 10.1. The third kappa shape index (κ3) is 3.37. The minimum absolute atomic E-state index is 0.747. The van der Waals surface area contributed by atoms with Crippen LogP contribution in [0.1, 0.15) is 31.2 Å². The zero-order chi connectivity index (χ0) is 10.6. The molecule has 0 aliphatic rings. The summed E-state index contributed by atoms with van der Waals surface area (Å²) in [5, 5.41) is 4.44. The van der Waals surface area contributed by atoms with Gasteiger partial charge in [-0.2, -0.15) is 17.7 Å². The fourth-order valence-corrected chi connectivity index (χ4v) is 2.05. The number of rotatable bonds is 5. The number of aromatic nitrogens is 2. The normalized spacial score (nSPS) is 13.1. The molecule has 0 radical (unpaired) electrons. The topological polar surface area (TPSA) is 17.8 Å². The van der Waals surface area contributed by atoms with Crippen LogP contribution < -0.4 is 0 Å². The van der Waals surface area contributed by atoms with Crippen molar-refractivity contribution < 1.29 is 0 Å². The Hall–Kier alpha value is -0.440. The lowest BCUT2D eigenvalue weighted by molar-refractivity contribution is 0.445. The van der Waals surface area contributed by atoms with Crippen LogP contribution in [-0.2, 0) is 6.54 Å². The van der Waals surface area contributed by atoms with Crippen LogP contribution in [0.5, 0.6) is 0 Å². The van der Waals surface area contributed by atoms with Gasteiger partial charge in [0.2, 0.25) is 0 Å². The predicted molar refractivity (Wildman–Crippen MR) is 64.0 cm³/mol. The Balaban J connectivity index is 2.41. The van der Waals surface area contributed by atoms with E-state index in [0.717, 1.165) is 23.9 Å². The smallest absolute Gasteiger partial charge is 0.0596 e. The van der Waals surface area contributed by atoms with Gasteiger partial charge < -0.3 is 0 Å². The van der Waals surface area contributed by atoms with Crippen LogP contribution >= 0.6 is 12.6 Å². The first-order valence-corrected chi connectivity index (χ1v) is 5.88. The summed E-state index contributed by atoms with van der Waals surface area (Å²) in [7, 11) is 0. The zero-order valence-electron chi connectivity index (χ0n) is 9.32. The van der Waals surface area contributed by atoms with Gasteiger partial charge in [0.1, 0.15) is 0 Å². The first kappa shape index (κ1) is 11.6. The lowest BCUT2D eigenvalue weighted by Crippen LogP contribution is -2.07. The van der Waals surface area contributed by atoms with E-state index in [9.17, 15) is 0 Å². The van der Waals surface area contributed by atoms with Crippen molar-refractivity contribution in [1.29, 1.82) is 0 Å². The molecule has 0 aliphatic carbocycles. The third-order valence-electron chi connectivity index (χ3n) is 2.56. The van der Waals surface area contributed by atoms with Gasteiger partial charge >= 0.3 is 0 Å². The number of hydrogen-bond donors (Lipinski definition) is 1. The van der Waals surface area contributed by atoms with E-state index in [1.54, 1.807) is 0 Å². The zero-order valence-corrected chi connectivity index (χ0v) is 10.2. The van der Waals surface area contributed by atoms with Crippen molar-refractivity contribution in [2.75, 3.05) is 5.75 Å².